The average Bonchev–Trinajstić information content (AvgIpc) is 3.01. The van der Waals surface area contributed by atoms with Crippen LogP contribution in [0.2, 0.25) is 0 Å². The van der Waals surface area contributed by atoms with Crippen LogP contribution < -0.4 is 0 Å². The first-order valence-corrected chi connectivity index (χ1v) is 4.80. The van der Waals surface area contributed by atoms with Gasteiger partial charge in [-0.15, -0.1) is 0 Å². The molecule has 2 atom stereocenters. The highest BCUT2D eigenvalue weighted by Crippen LogP contribution is 2.40. The molecular weight excluding hydrogens is 187 g/mol. The minimum atomic E-state index is -1.58. The molecule has 1 N–H and O–H groups in total. The molecule has 0 saturated carbocycles. The Morgan fingerprint density at radius 2 is 2.50 bits per heavy atom. The fraction of sp³-hybridized carbons (Fsp3) is 0.700. The molecule has 1 heterocycles. The summed E-state index contributed by atoms with van der Waals surface area (Å²) >= 11 is 0. The molecule has 0 aromatic rings. The Kier molecular flexibility index (Phi) is 2.31. The molecule has 78 valence electrons. The van der Waals surface area contributed by atoms with E-state index >= 15 is 0 Å². The van der Waals surface area contributed by atoms with Crippen molar-refractivity contribution >= 4 is 5.97 Å². The van der Waals surface area contributed by atoms with Crippen LogP contribution >= 0.6 is 0 Å². The van der Waals surface area contributed by atoms with Crippen molar-refractivity contribution < 1.29 is 19.0 Å². The SMILES string of the molecule is O=C(O)C1(CF)CC(C2=CC2)CCO1. The van der Waals surface area contributed by atoms with E-state index in [0.717, 1.165) is 12.8 Å². The first-order chi connectivity index (χ1) is 6.68. The quantitative estimate of drug-likeness (QED) is 0.703. The summed E-state index contributed by atoms with van der Waals surface area (Å²) in [5.74, 6) is -0.957. The molecule has 2 aliphatic rings. The minimum Gasteiger partial charge on any atom is -0.479 e. The van der Waals surface area contributed by atoms with Crippen LogP contribution in [0, 0.1) is 5.92 Å². The minimum absolute atomic E-state index is 0.218. The summed E-state index contributed by atoms with van der Waals surface area (Å²) in [6, 6.07) is 0. The van der Waals surface area contributed by atoms with Crippen LogP contribution in [-0.2, 0) is 9.53 Å². The van der Waals surface area contributed by atoms with Crippen molar-refractivity contribution in [3.8, 4) is 0 Å². The number of hydrogen-bond acceptors (Lipinski definition) is 2. The number of rotatable bonds is 3. The van der Waals surface area contributed by atoms with Crippen molar-refractivity contribution in [1.82, 2.24) is 0 Å². The van der Waals surface area contributed by atoms with Gasteiger partial charge in [0.05, 0.1) is 0 Å². The largest absolute Gasteiger partial charge is 0.479 e. The van der Waals surface area contributed by atoms with Crippen molar-refractivity contribution in [1.29, 1.82) is 0 Å². The lowest BCUT2D eigenvalue weighted by atomic mass is 9.85. The molecule has 0 spiro atoms. The number of carbonyl (C=O) groups is 1. The smallest absolute Gasteiger partial charge is 0.338 e. The monoisotopic (exact) mass is 200 g/mol. The molecule has 2 rings (SSSR count). The van der Waals surface area contributed by atoms with E-state index in [4.69, 9.17) is 9.84 Å². The third kappa shape index (κ3) is 1.54. The van der Waals surface area contributed by atoms with Gasteiger partial charge in [-0.2, -0.15) is 0 Å². The van der Waals surface area contributed by atoms with Crippen LogP contribution in [0.15, 0.2) is 11.6 Å². The molecule has 1 fully saturated rings. The Bertz CT molecular complexity index is 287. The van der Waals surface area contributed by atoms with Gasteiger partial charge in [0.15, 0.2) is 5.60 Å². The predicted molar refractivity (Wildman–Crippen MR) is 47.7 cm³/mol. The summed E-state index contributed by atoms with van der Waals surface area (Å²) in [5, 5.41) is 8.92. The second-order valence-corrected chi connectivity index (χ2v) is 3.95. The number of allylic oxidation sites excluding steroid dienone is 2. The lowest BCUT2D eigenvalue weighted by molar-refractivity contribution is -0.177. The van der Waals surface area contributed by atoms with E-state index in [9.17, 15) is 9.18 Å². The second kappa shape index (κ2) is 3.35. The Morgan fingerprint density at radius 1 is 1.79 bits per heavy atom. The maximum Gasteiger partial charge on any atom is 0.338 e. The molecule has 3 nitrogen and oxygen atoms in total. The summed E-state index contributed by atoms with van der Waals surface area (Å²) in [7, 11) is 0. The fourth-order valence-electron chi connectivity index (χ4n) is 1.96. The Balaban J connectivity index is 2.10. The van der Waals surface area contributed by atoms with Gasteiger partial charge >= 0.3 is 5.97 Å². The lowest BCUT2D eigenvalue weighted by Gasteiger charge is -2.35. The molecule has 1 aliphatic carbocycles. The van der Waals surface area contributed by atoms with E-state index < -0.39 is 18.2 Å². The molecule has 4 heteroatoms. The van der Waals surface area contributed by atoms with Gasteiger partial charge in [0.2, 0.25) is 0 Å². The van der Waals surface area contributed by atoms with E-state index in [-0.39, 0.29) is 12.3 Å². The Hall–Kier alpha value is -0.900. The molecule has 2 unspecified atom stereocenters. The van der Waals surface area contributed by atoms with Crippen molar-refractivity contribution in [3.05, 3.63) is 11.6 Å². The normalized spacial score (nSPS) is 36.4. The van der Waals surface area contributed by atoms with Gasteiger partial charge in [-0.05, 0) is 25.2 Å². The number of carboxylic acids is 1. The van der Waals surface area contributed by atoms with Crippen molar-refractivity contribution in [2.24, 2.45) is 5.92 Å². The summed E-state index contributed by atoms with van der Waals surface area (Å²) in [6.07, 6.45) is 4.14. The summed E-state index contributed by atoms with van der Waals surface area (Å²) in [4.78, 5) is 10.9. The zero-order valence-electron chi connectivity index (χ0n) is 7.83. The van der Waals surface area contributed by atoms with Gasteiger partial charge in [0, 0.05) is 6.61 Å². The number of carboxylic acid groups (broad SMARTS) is 1. The predicted octanol–water partition coefficient (Wildman–Crippen LogP) is 1.54. The van der Waals surface area contributed by atoms with Crippen LogP contribution in [0.25, 0.3) is 0 Å². The van der Waals surface area contributed by atoms with Crippen LogP contribution in [0.1, 0.15) is 19.3 Å². The van der Waals surface area contributed by atoms with E-state index in [0.29, 0.717) is 6.61 Å². The average molecular weight is 200 g/mol. The highest BCUT2D eigenvalue weighted by atomic mass is 19.1. The van der Waals surface area contributed by atoms with Crippen molar-refractivity contribution in [2.45, 2.75) is 24.9 Å². The van der Waals surface area contributed by atoms with Crippen molar-refractivity contribution in [3.63, 3.8) is 0 Å². The first kappa shape index (κ1) is 9.65. The number of hydrogen-bond donors (Lipinski definition) is 1. The van der Waals surface area contributed by atoms with Gasteiger partial charge < -0.3 is 9.84 Å². The van der Waals surface area contributed by atoms with Crippen LogP contribution in [0.5, 0.6) is 0 Å². The highest BCUT2D eigenvalue weighted by molar-refractivity contribution is 5.78. The van der Waals surface area contributed by atoms with E-state index in [2.05, 4.69) is 6.08 Å². The van der Waals surface area contributed by atoms with Gasteiger partial charge in [-0.1, -0.05) is 11.6 Å². The lowest BCUT2D eigenvalue weighted by Crippen LogP contribution is -2.48. The highest BCUT2D eigenvalue weighted by Gasteiger charge is 2.46. The van der Waals surface area contributed by atoms with Gasteiger partial charge in [0.1, 0.15) is 6.67 Å². The maximum atomic E-state index is 12.7. The van der Waals surface area contributed by atoms with Gasteiger partial charge in [0.25, 0.3) is 0 Å². The molecule has 0 aromatic carbocycles. The van der Waals surface area contributed by atoms with E-state index in [1.165, 1.54) is 5.57 Å². The summed E-state index contributed by atoms with van der Waals surface area (Å²) < 4.78 is 17.8. The molecule has 0 bridgehead atoms. The molecule has 0 amide bonds. The first-order valence-electron chi connectivity index (χ1n) is 4.80. The topological polar surface area (TPSA) is 46.5 Å². The molecule has 0 radical (unpaired) electrons. The maximum absolute atomic E-state index is 12.7. The third-order valence-corrected chi connectivity index (χ3v) is 2.99. The van der Waals surface area contributed by atoms with E-state index in [1.807, 2.05) is 0 Å². The van der Waals surface area contributed by atoms with Crippen LogP contribution in [-0.4, -0.2) is 30.0 Å². The zero-order chi connectivity index (χ0) is 10.2. The number of alkyl halides is 1. The Morgan fingerprint density at radius 3 is 3.00 bits per heavy atom. The molecule has 1 aliphatic heterocycles. The Labute approximate surface area is 81.6 Å². The standard InChI is InChI=1S/C10H13FO3/c11-6-10(9(12)13)5-8(3-4-14-10)7-1-2-7/h1,8H,2-6H2,(H,12,13). The second-order valence-electron chi connectivity index (χ2n) is 3.95. The van der Waals surface area contributed by atoms with Gasteiger partial charge in [-0.3, -0.25) is 0 Å². The fourth-order valence-corrected chi connectivity index (χ4v) is 1.96. The summed E-state index contributed by atoms with van der Waals surface area (Å²) in [5.41, 5.74) is -0.306. The van der Waals surface area contributed by atoms with Gasteiger partial charge in [-0.25, -0.2) is 9.18 Å². The molecule has 14 heavy (non-hydrogen) atoms. The van der Waals surface area contributed by atoms with Crippen LogP contribution in [0.4, 0.5) is 4.39 Å². The molecule has 1 saturated heterocycles. The molecule has 0 aromatic heterocycles. The third-order valence-electron chi connectivity index (χ3n) is 2.99. The summed E-state index contributed by atoms with van der Waals surface area (Å²) in [6.45, 7) is -0.593. The zero-order valence-corrected chi connectivity index (χ0v) is 7.83. The number of halogens is 1. The van der Waals surface area contributed by atoms with Crippen LogP contribution in [0.3, 0.4) is 0 Å². The number of ether oxygens (including phenoxy) is 1. The number of aliphatic carboxylic acids is 1. The molecular formula is C10H13FO3. The van der Waals surface area contributed by atoms with Crippen molar-refractivity contribution in [2.75, 3.05) is 13.3 Å². The van der Waals surface area contributed by atoms with E-state index in [1.54, 1.807) is 0 Å².